The zero-order valence-corrected chi connectivity index (χ0v) is 11.9. The summed E-state index contributed by atoms with van der Waals surface area (Å²) in [7, 11) is 1.73. The summed E-state index contributed by atoms with van der Waals surface area (Å²) in [6, 6.07) is 11.0. The Bertz CT molecular complexity index is 768. The van der Waals surface area contributed by atoms with E-state index in [9.17, 15) is 4.79 Å². The van der Waals surface area contributed by atoms with E-state index in [0.717, 1.165) is 11.3 Å². The van der Waals surface area contributed by atoms with Gasteiger partial charge in [0, 0.05) is 7.05 Å². The molecule has 0 fully saturated rings. The molecule has 0 bridgehead atoms. The predicted molar refractivity (Wildman–Crippen MR) is 78.8 cm³/mol. The standard InChI is InChI=1S/C16H15N3O2/c1-11(15-8-5-9-21-15)19(2)16(20)14-10-17-12-6-3-4-7-13(12)18-14/h3-11H,1-2H3. The quantitative estimate of drug-likeness (QED) is 0.740. The maximum atomic E-state index is 12.5. The van der Waals surface area contributed by atoms with Crippen LogP contribution in [-0.4, -0.2) is 27.8 Å². The Morgan fingerprint density at radius 1 is 1.19 bits per heavy atom. The Morgan fingerprint density at radius 2 is 1.95 bits per heavy atom. The number of carbonyl (C=O) groups excluding carboxylic acids is 1. The van der Waals surface area contributed by atoms with E-state index in [1.807, 2.05) is 37.3 Å². The molecule has 1 aromatic carbocycles. The van der Waals surface area contributed by atoms with Crippen LogP contribution in [0.5, 0.6) is 0 Å². The number of aromatic nitrogens is 2. The van der Waals surface area contributed by atoms with Crippen molar-refractivity contribution in [3.05, 3.63) is 60.3 Å². The maximum Gasteiger partial charge on any atom is 0.274 e. The van der Waals surface area contributed by atoms with Crippen LogP contribution in [0.15, 0.2) is 53.3 Å². The number of fused-ring (bicyclic) bond motifs is 1. The first-order valence-corrected chi connectivity index (χ1v) is 6.69. The van der Waals surface area contributed by atoms with Gasteiger partial charge in [-0.15, -0.1) is 0 Å². The van der Waals surface area contributed by atoms with Crippen molar-refractivity contribution in [3.63, 3.8) is 0 Å². The first-order chi connectivity index (χ1) is 10.2. The summed E-state index contributed by atoms with van der Waals surface area (Å²) in [4.78, 5) is 22.8. The lowest BCUT2D eigenvalue weighted by Crippen LogP contribution is -2.30. The lowest BCUT2D eigenvalue weighted by atomic mass is 10.2. The van der Waals surface area contributed by atoms with Crippen molar-refractivity contribution in [2.75, 3.05) is 7.05 Å². The van der Waals surface area contributed by atoms with Gasteiger partial charge in [0.15, 0.2) is 0 Å². The largest absolute Gasteiger partial charge is 0.467 e. The van der Waals surface area contributed by atoms with Crippen molar-refractivity contribution in [2.45, 2.75) is 13.0 Å². The monoisotopic (exact) mass is 281 g/mol. The molecule has 0 aliphatic heterocycles. The van der Waals surface area contributed by atoms with Gasteiger partial charge < -0.3 is 9.32 Å². The molecule has 0 radical (unpaired) electrons. The SMILES string of the molecule is CC(c1ccco1)N(C)C(=O)c1cnc2ccccc2n1. The molecular weight excluding hydrogens is 266 g/mol. The molecule has 3 aromatic rings. The summed E-state index contributed by atoms with van der Waals surface area (Å²) < 4.78 is 5.34. The number of para-hydroxylation sites is 2. The minimum atomic E-state index is -0.183. The predicted octanol–water partition coefficient (Wildman–Crippen LogP) is 3.06. The van der Waals surface area contributed by atoms with Gasteiger partial charge in [-0.1, -0.05) is 12.1 Å². The fourth-order valence-electron chi connectivity index (χ4n) is 2.14. The molecule has 5 nitrogen and oxygen atoms in total. The molecule has 0 saturated heterocycles. The van der Waals surface area contributed by atoms with Gasteiger partial charge in [-0.2, -0.15) is 0 Å². The number of furan rings is 1. The van der Waals surface area contributed by atoms with E-state index in [-0.39, 0.29) is 11.9 Å². The van der Waals surface area contributed by atoms with E-state index in [4.69, 9.17) is 4.42 Å². The molecule has 5 heteroatoms. The van der Waals surface area contributed by atoms with Gasteiger partial charge in [-0.25, -0.2) is 4.98 Å². The molecule has 0 aliphatic carbocycles. The number of rotatable bonds is 3. The number of amides is 1. The van der Waals surface area contributed by atoms with Crippen molar-refractivity contribution in [2.24, 2.45) is 0 Å². The van der Waals surface area contributed by atoms with Gasteiger partial charge in [0.1, 0.15) is 11.5 Å². The molecule has 0 saturated carbocycles. The molecule has 3 rings (SSSR count). The number of hydrogen-bond acceptors (Lipinski definition) is 4. The van der Waals surface area contributed by atoms with E-state index in [0.29, 0.717) is 11.2 Å². The van der Waals surface area contributed by atoms with Crippen LogP contribution in [0.1, 0.15) is 29.2 Å². The number of hydrogen-bond donors (Lipinski definition) is 0. The average Bonchev–Trinajstić information content (AvgIpc) is 3.06. The lowest BCUT2D eigenvalue weighted by Gasteiger charge is -2.22. The van der Waals surface area contributed by atoms with E-state index >= 15 is 0 Å². The zero-order chi connectivity index (χ0) is 14.8. The smallest absolute Gasteiger partial charge is 0.274 e. The van der Waals surface area contributed by atoms with Crippen molar-refractivity contribution in [1.29, 1.82) is 0 Å². The van der Waals surface area contributed by atoms with Crippen molar-refractivity contribution in [3.8, 4) is 0 Å². The molecule has 2 aromatic heterocycles. The Balaban J connectivity index is 1.89. The van der Waals surface area contributed by atoms with Crippen LogP contribution in [-0.2, 0) is 0 Å². The maximum absolute atomic E-state index is 12.5. The van der Waals surface area contributed by atoms with E-state index < -0.39 is 0 Å². The topological polar surface area (TPSA) is 59.2 Å². The minimum absolute atomic E-state index is 0.166. The Labute approximate surface area is 122 Å². The summed E-state index contributed by atoms with van der Waals surface area (Å²) in [5.41, 5.74) is 1.81. The van der Waals surface area contributed by atoms with E-state index in [1.165, 1.54) is 6.20 Å². The molecule has 2 heterocycles. The molecule has 0 N–H and O–H groups in total. The number of nitrogens with zero attached hydrogens (tertiary/aromatic N) is 3. The molecule has 106 valence electrons. The Kier molecular flexibility index (Phi) is 3.39. The van der Waals surface area contributed by atoms with Gasteiger partial charge in [-0.05, 0) is 31.2 Å². The molecule has 1 amide bonds. The third-order valence-corrected chi connectivity index (χ3v) is 3.52. The highest BCUT2D eigenvalue weighted by Gasteiger charge is 2.22. The van der Waals surface area contributed by atoms with Crippen LogP contribution in [0, 0.1) is 0 Å². The number of carbonyl (C=O) groups is 1. The summed E-state index contributed by atoms with van der Waals surface area (Å²) in [6.07, 6.45) is 3.11. The Morgan fingerprint density at radius 3 is 2.67 bits per heavy atom. The second-order valence-electron chi connectivity index (χ2n) is 4.85. The van der Waals surface area contributed by atoms with Crippen LogP contribution in [0.25, 0.3) is 11.0 Å². The molecule has 21 heavy (non-hydrogen) atoms. The van der Waals surface area contributed by atoms with Gasteiger partial charge in [0.05, 0.1) is 29.5 Å². The van der Waals surface area contributed by atoms with Crippen LogP contribution in [0.3, 0.4) is 0 Å². The molecule has 1 atom stereocenters. The zero-order valence-electron chi connectivity index (χ0n) is 11.9. The highest BCUT2D eigenvalue weighted by atomic mass is 16.3. The van der Waals surface area contributed by atoms with Crippen molar-refractivity contribution in [1.82, 2.24) is 14.9 Å². The highest BCUT2D eigenvalue weighted by Crippen LogP contribution is 2.20. The van der Waals surface area contributed by atoms with Crippen LogP contribution in [0.2, 0.25) is 0 Å². The van der Waals surface area contributed by atoms with Crippen LogP contribution >= 0.6 is 0 Å². The minimum Gasteiger partial charge on any atom is -0.467 e. The summed E-state index contributed by atoms with van der Waals surface area (Å²) in [6.45, 7) is 1.91. The lowest BCUT2D eigenvalue weighted by molar-refractivity contribution is 0.0720. The van der Waals surface area contributed by atoms with E-state index in [2.05, 4.69) is 9.97 Å². The molecular formula is C16H15N3O2. The van der Waals surface area contributed by atoms with Gasteiger partial charge in [0.25, 0.3) is 5.91 Å². The van der Waals surface area contributed by atoms with Crippen LogP contribution in [0.4, 0.5) is 0 Å². The van der Waals surface area contributed by atoms with Gasteiger partial charge >= 0.3 is 0 Å². The first kappa shape index (κ1) is 13.3. The summed E-state index contributed by atoms with van der Waals surface area (Å²) in [5.74, 6) is 0.553. The average molecular weight is 281 g/mol. The van der Waals surface area contributed by atoms with Gasteiger partial charge in [-0.3, -0.25) is 9.78 Å². The Hall–Kier alpha value is -2.69. The number of benzene rings is 1. The molecule has 0 aliphatic rings. The normalized spacial score (nSPS) is 12.3. The highest BCUT2D eigenvalue weighted by molar-refractivity contribution is 5.93. The fourth-order valence-corrected chi connectivity index (χ4v) is 2.14. The fraction of sp³-hybridized carbons (Fsp3) is 0.188. The van der Waals surface area contributed by atoms with Crippen molar-refractivity contribution >= 4 is 16.9 Å². The van der Waals surface area contributed by atoms with Gasteiger partial charge in [0.2, 0.25) is 0 Å². The third kappa shape index (κ3) is 2.50. The second kappa shape index (κ2) is 5.36. The second-order valence-corrected chi connectivity index (χ2v) is 4.85. The summed E-state index contributed by atoms with van der Waals surface area (Å²) in [5, 5.41) is 0. The third-order valence-electron chi connectivity index (χ3n) is 3.52. The first-order valence-electron chi connectivity index (χ1n) is 6.69. The van der Waals surface area contributed by atoms with E-state index in [1.54, 1.807) is 24.3 Å². The van der Waals surface area contributed by atoms with Crippen LogP contribution < -0.4 is 0 Å². The molecule has 1 unspecified atom stereocenters. The molecule has 0 spiro atoms. The summed E-state index contributed by atoms with van der Waals surface area (Å²) >= 11 is 0. The van der Waals surface area contributed by atoms with Crippen molar-refractivity contribution < 1.29 is 9.21 Å².